The van der Waals surface area contributed by atoms with E-state index in [2.05, 4.69) is 54.4 Å². The first-order valence-corrected chi connectivity index (χ1v) is 7.16. The Morgan fingerprint density at radius 1 is 1.22 bits per heavy atom. The van der Waals surface area contributed by atoms with Gasteiger partial charge in [0.2, 0.25) is 6.41 Å². The Morgan fingerprint density at radius 3 is 2.00 bits per heavy atom. The molecule has 0 spiro atoms. The molecule has 0 aliphatic carbocycles. The van der Waals surface area contributed by atoms with Gasteiger partial charge >= 0.3 is 0 Å². The minimum Gasteiger partial charge on any atom is -0.342 e. The second-order valence-corrected chi connectivity index (χ2v) is 6.94. The summed E-state index contributed by atoms with van der Waals surface area (Å²) in [6.45, 7) is 13.8. The van der Waals surface area contributed by atoms with Crippen LogP contribution in [0.3, 0.4) is 0 Å². The summed E-state index contributed by atoms with van der Waals surface area (Å²) in [6.07, 6.45) is 2.00. The summed E-state index contributed by atoms with van der Waals surface area (Å²) >= 11 is 4.38. The van der Waals surface area contributed by atoms with Crippen molar-refractivity contribution in [2.75, 3.05) is 13.6 Å². The van der Waals surface area contributed by atoms with Crippen molar-refractivity contribution in [3.8, 4) is 0 Å². The monoisotopic (exact) mass is 274 g/mol. The zero-order chi connectivity index (χ0) is 14.5. The van der Waals surface area contributed by atoms with Crippen LogP contribution in [-0.4, -0.2) is 41.3 Å². The highest BCUT2D eigenvalue weighted by Gasteiger charge is 2.33. The zero-order valence-corrected chi connectivity index (χ0v) is 13.9. The largest absolute Gasteiger partial charge is 0.342 e. The van der Waals surface area contributed by atoms with Crippen LogP contribution in [0.5, 0.6) is 0 Å². The molecule has 0 aliphatic heterocycles. The molecule has 4 heteroatoms. The maximum atomic E-state index is 11.2. The van der Waals surface area contributed by atoms with Gasteiger partial charge in [0.1, 0.15) is 0 Å². The molecular weight excluding hydrogens is 244 g/mol. The van der Waals surface area contributed by atoms with Gasteiger partial charge in [-0.2, -0.15) is 0 Å². The van der Waals surface area contributed by atoms with Crippen LogP contribution in [0.1, 0.15) is 48.0 Å². The molecule has 18 heavy (non-hydrogen) atoms. The molecule has 0 aromatic carbocycles. The molecule has 0 rings (SSSR count). The molecule has 2 unspecified atom stereocenters. The second-order valence-electron chi connectivity index (χ2n) is 6.31. The highest BCUT2D eigenvalue weighted by molar-refractivity contribution is 7.77. The number of hydrogen-bond acceptors (Lipinski definition) is 3. The van der Waals surface area contributed by atoms with Crippen LogP contribution >= 0.6 is 12.8 Å². The predicted molar refractivity (Wildman–Crippen MR) is 81.7 cm³/mol. The lowest BCUT2D eigenvalue weighted by Gasteiger charge is -2.41. The lowest BCUT2D eigenvalue weighted by atomic mass is 9.74. The molecule has 0 aromatic heterocycles. The van der Waals surface area contributed by atoms with Crippen LogP contribution in [-0.2, 0) is 4.79 Å². The van der Waals surface area contributed by atoms with Crippen molar-refractivity contribution in [1.29, 1.82) is 0 Å². The maximum Gasteiger partial charge on any atom is 0.209 e. The van der Waals surface area contributed by atoms with Crippen LogP contribution in [0.15, 0.2) is 0 Å². The molecule has 1 amide bonds. The second kappa shape index (κ2) is 7.39. The van der Waals surface area contributed by atoms with Crippen LogP contribution in [0.4, 0.5) is 0 Å². The maximum absolute atomic E-state index is 11.2. The van der Waals surface area contributed by atoms with E-state index in [4.69, 9.17) is 0 Å². The van der Waals surface area contributed by atoms with Crippen molar-refractivity contribution in [2.24, 2.45) is 11.3 Å². The lowest BCUT2D eigenvalue weighted by molar-refractivity contribution is -0.121. The summed E-state index contributed by atoms with van der Waals surface area (Å²) < 4.78 is 1.95. The van der Waals surface area contributed by atoms with Crippen molar-refractivity contribution < 1.29 is 4.79 Å². The fourth-order valence-electron chi connectivity index (χ4n) is 2.05. The molecule has 0 aliphatic rings. The summed E-state index contributed by atoms with van der Waals surface area (Å²) in [5.74, 6) is 0.523. The van der Waals surface area contributed by atoms with E-state index >= 15 is 0 Å². The number of hydrogen-bond donors (Lipinski definition) is 1. The SMILES string of the molecule is CC(CC(C)(CN(C=O)C(C)C)C(C)C)N(C)S. The van der Waals surface area contributed by atoms with E-state index in [0.29, 0.717) is 12.0 Å². The van der Waals surface area contributed by atoms with Crippen LogP contribution < -0.4 is 0 Å². The van der Waals surface area contributed by atoms with Crippen LogP contribution in [0.2, 0.25) is 0 Å². The van der Waals surface area contributed by atoms with Crippen molar-refractivity contribution >= 4 is 19.2 Å². The minimum absolute atomic E-state index is 0.113. The van der Waals surface area contributed by atoms with E-state index in [0.717, 1.165) is 19.4 Å². The van der Waals surface area contributed by atoms with Gasteiger partial charge < -0.3 is 4.90 Å². The van der Waals surface area contributed by atoms with Crippen molar-refractivity contribution in [3.05, 3.63) is 0 Å². The average Bonchev–Trinajstić information content (AvgIpc) is 2.24. The third-order valence-electron chi connectivity index (χ3n) is 4.14. The first-order valence-electron chi connectivity index (χ1n) is 6.76. The predicted octanol–water partition coefficient (Wildman–Crippen LogP) is 3.07. The molecule has 0 saturated carbocycles. The number of carbonyl (C=O) groups excluding carboxylic acids is 1. The molecule has 108 valence electrons. The summed E-state index contributed by atoms with van der Waals surface area (Å²) in [7, 11) is 1.98. The Labute approximate surface area is 118 Å². The van der Waals surface area contributed by atoms with E-state index in [1.165, 1.54) is 0 Å². The van der Waals surface area contributed by atoms with Crippen LogP contribution in [0, 0.1) is 11.3 Å². The molecule has 0 N–H and O–H groups in total. The van der Waals surface area contributed by atoms with Crippen molar-refractivity contribution in [1.82, 2.24) is 9.21 Å². The zero-order valence-electron chi connectivity index (χ0n) is 13.0. The van der Waals surface area contributed by atoms with Gasteiger partial charge in [-0.25, -0.2) is 0 Å². The van der Waals surface area contributed by atoms with Gasteiger partial charge in [0.15, 0.2) is 0 Å². The molecule has 0 fully saturated rings. The third-order valence-corrected chi connectivity index (χ3v) is 4.53. The number of nitrogens with zero attached hydrogens (tertiary/aromatic N) is 2. The average molecular weight is 274 g/mol. The Morgan fingerprint density at radius 2 is 1.72 bits per heavy atom. The first kappa shape index (κ1) is 17.8. The molecule has 0 aromatic rings. The summed E-state index contributed by atoms with van der Waals surface area (Å²) in [5.41, 5.74) is 0.113. The van der Waals surface area contributed by atoms with E-state index in [-0.39, 0.29) is 11.5 Å². The van der Waals surface area contributed by atoms with E-state index in [1.54, 1.807) is 0 Å². The molecule has 0 heterocycles. The Kier molecular flexibility index (Phi) is 7.30. The van der Waals surface area contributed by atoms with Crippen LogP contribution in [0.25, 0.3) is 0 Å². The van der Waals surface area contributed by atoms with Gasteiger partial charge in [-0.1, -0.05) is 33.6 Å². The van der Waals surface area contributed by atoms with Gasteiger partial charge in [-0.3, -0.25) is 9.10 Å². The standard InChI is InChI=1S/C14H30N2OS/c1-11(2)14(6,8-13(5)15(7)18)9-16(10-17)12(3)4/h10-13,18H,8-9H2,1-7H3. The van der Waals surface area contributed by atoms with E-state index < -0.39 is 0 Å². The number of rotatable bonds is 8. The quantitative estimate of drug-likeness (QED) is 0.543. The minimum atomic E-state index is 0.113. The van der Waals surface area contributed by atoms with Gasteiger partial charge in [0.25, 0.3) is 0 Å². The number of thiol groups is 1. The molecule has 3 nitrogen and oxygen atoms in total. The Balaban J connectivity index is 4.86. The summed E-state index contributed by atoms with van der Waals surface area (Å²) in [6, 6.07) is 0.644. The van der Waals surface area contributed by atoms with Crippen molar-refractivity contribution in [2.45, 2.75) is 60.0 Å². The number of carbonyl (C=O) groups is 1. The third kappa shape index (κ3) is 5.19. The Hall–Kier alpha value is -0.220. The molecule has 0 saturated heterocycles. The topological polar surface area (TPSA) is 23.6 Å². The molecular formula is C14H30N2OS. The van der Waals surface area contributed by atoms with Gasteiger partial charge in [-0.05, 0) is 45.6 Å². The smallest absolute Gasteiger partial charge is 0.209 e. The fraction of sp³-hybridized carbons (Fsp3) is 0.929. The van der Waals surface area contributed by atoms with E-state index in [1.807, 2.05) is 16.3 Å². The Bertz CT molecular complexity index is 256. The van der Waals surface area contributed by atoms with Crippen molar-refractivity contribution in [3.63, 3.8) is 0 Å². The molecule has 2 atom stereocenters. The highest BCUT2D eigenvalue weighted by atomic mass is 32.1. The molecule has 0 bridgehead atoms. The molecule has 0 radical (unpaired) electrons. The normalized spacial score (nSPS) is 17.1. The fourth-order valence-corrected chi connectivity index (χ4v) is 2.13. The summed E-state index contributed by atoms with van der Waals surface area (Å²) in [4.78, 5) is 13.1. The number of amides is 1. The van der Waals surface area contributed by atoms with Gasteiger partial charge in [-0.15, -0.1) is 0 Å². The summed E-state index contributed by atoms with van der Waals surface area (Å²) in [5, 5.41) is 0. The highest BCUT2D eigenvalue weighted by Crippen LogP contribution is 2.34. The first-order chi connectivity index (χ1) is 8.14. The van der Waals surface area contributed by atoms with Gasteiger partial charge in [0.05, 0.1) is 0 Å². The van der Waals surface area contributed by atoms with E-state index in [9.17, 15) is 4.79 Å². The lowest BCUT2D eigenvalue weighted by Crippen LogP contribution is -2.44. The van der Waals surface area contributed by atoms with Gasteiger partial charge in [0, 0.05) is 18.6 Å².